The molecule has 1 heterocycles. The van der Waals surface area contributed by atoms with E-state index in [1.807, 2.05) is 41.3 Å². The van der Waals surface area contributed by atoms with Crippen molar-refractivity contribution in [3.63, 3.8) is 0 Å². The summed E-state index contributed by atoms with van der Waals surface area (Å²) in [6.07, 6.45) is 0. The molecule has 126 valence electrons. The van der Waals surface area contributed by atoms with Gasteiger partial charge in [-0.15, -0.1) is 0 Å². The maximum atomic E-state index is 12.6. The zero-order valence-electron chi connectivity index (χ0n) is 13.2. The highest BCUT2D eigenvalue weighted by molar-refractivity contribution is 6.42. The second-order valence-corrected chi connectivity index (χ2v) is 6.59. The molecule has 0 aromatic heterocycles. The van der Waals surface area contributed by atoms with Crippen LogP contribution in [0.25, 0.3) is 0 Å². The Kier molecular flexibility index (Phi) is 5.29. The van der Waals surface area contributed by atoms with Gasteiger partial charge in [0, 0.05) is 44.0 Å². The van der Waals surface area contributed by atoms with Crippen LogP contribution < -0.4 is 10.6 Å². The Morgan fingerprint density at radius 1 is 0.958 bits per heavy atom. The van der Waals surface area contributed by atoms with Gasteiger partial charge in [0.1, 0.15) is 0 Å². The number of benzene rings is 2. The van der Waals surface area contributed by atoms with Crippen LogP contribution >= 0.6 is 23.2 Å². The predicted molar refractivity (Wildman–Crippen MR) is 98.9 cm³/mol. The maximum absolute atomic E-state index is 12.6. The Morgan fingerprint density at radius 3 is 2.21 bits per heavy atom. The van der Waals surface area contributed by atoms with Gasteiger partial charge >= 0.3 is 0 Å². The van der Waals surface area contributed by atoms with Gasteiger partial charge in [0.25, 0.3) is 5.91 Å². The number of amides is 1. The molecule has 1 fully saturated rings. The van der Waals surface area contributed by atoms with Gasteiger partial charge in [-0.1, -0.05) is 35.3 Å². The number of carbonyl (C=O) groups is 1. The predicted octanol–water partition coefficient (Wildman–Crippen LogP) is 3.41. The van der Waals surface area contributed by atoms with Gasteiger partial charge in [-0.2, -0.15) is 0 Å². The smallest absolute Gasteiger partial charge is 0.253 e. The number of nitrogens with zero attached hydrogens (tertiary/aromatic N) is 2. The van der Waals surface area contributed by atoms with E-state index in [4.69, 9.17) is 28.9 Å². The van der Waals surface area contributed by atoms with E-state index >= 15 is 0 Å². The molecule has 0 spiro atoms. The largest absolute Gasteiger partial charge is 0.368 e. The molecule has 1 aliphatic rings. The second-order valence-electron chi connectivity index (χ2n) is 5.78. The van der Waals surface area contributed by atoms with Crippen molar-refractivity contribution in [1.82, 2.24) is 4.90 Å². The maximum Gasteiger partial charge on any atom is 0.253 e. The normalized spacial score (nSPS) is 14.8. The highest BCUT2D eigenvalue weighted by Crippen LogP contribution is 2.27. The van der Waals surface area contributed by atoms with E-state index in [1.54, 1.807) is 6.07 Å². The quantitative estimate of drug-likeness (QED) is 0.908. The van der Waals surface area contributed by atoms with Gasteiger partial charge in [-0.25, -0.2) is 0 Å². The molecule has 1 amide bonds. The van der Waals surface area contributed by atoms with Crippen LogP contribution in [-0.2, 0) is 6.54 Å². The Labute approximate surface area is 151 Å². The topological polar surface area (TPSA) is 49.6 Å². The molecule has 1 saturated heterocycles. The van der Waals surface area contributed by atoms with Crippen LogP contribution in [0.2, 0.25) is 10.0 Å². The summed E-state index contributed by atoms with van der Waals surface area (Å²) in [6.45, 7) is 3.38. The monoisotopic (exact) mass is 363 g/mol. The first kappa shape index (κ1) is 17.1. The van der Waals surface area contributed by atoms with E-state index in [-0.39, 0.29) is 5.91 Å². The molecular formula is C18H19Cl2N3O. The number of carbonyl (C=O) groups excluding carboxylic acids is 1. The number of rotatable bonds is 3. The fraction of sp³-hybridized carbons (Fsp3) is 0.278. The summed E-state index contributed by atoms with van der Waals surface area (Å²) < 4.78 is 0. The van der Waals surface area contributed by atoms with Crippen molar-refractivity contribution in [2.75, 3.05) is 31.1 Å². The molecule has 6 heteroatoms. The van der Waals surface area contributed by atoms with E-state index in [1.165, 1.54) is 0 Å². The lowest BCUT2D eigenvalue weighted by Crippen LogP contribution is -2.48. The molecule has 1 aliphatic heterocycles. The molecule has 2 N–H and O–H groups in total. The van der Waals surface area contributed by atoms with E-state index in [9.17, 15) is 4.79 Å². The van der Waals surface area contributed by atoms with Gasteiger partial charge in [-0.3, -0.25) is 4.79 Å². The van der Waals surface area contributed by atoms with Gasteiger partial charge < -0.3 is 15.5 Å². The molecule has 0 radical (unpaired) electrons. The minimum atomic E-state index is 0.0624. The zero-order valence-corrected chi connectivity index (χ0v) is 14.7. The van der Waals surface area contributed by atoms with Crippen LogP contribution in [0.15, 0.2) is 42.5 Å². The third-order valence-corrected chi connectivity index (χ3v) is 5.01. The van der Waals surface area contributed by atoms with Crippen LogP contribution in [0.4, 0.5) is 5.69 Å². The number of hydrogen-bond donors (Lipinski definition) is 1. The third-order valence-electron chi connectivity index (χ3n) is 4.27. The molecule has 2 aromatic rings. The van der Waals surface area contributed by atoms with Crippen molar-refractivity contribution in [2.45, 2.75) is 6.54 Å². The molecule has 3 rings (SSSR count). The van der Waals surface area contributed by atoms with Crippen molar-refractivity contribution < 1.29 is 4.79 Å². The second kappa shape index (κ2) is 7.43. The highest BCUT2D eigenvalue weighted by atomic mass is 35.5. The lowest BCUT2D eigenvalue weighted by atomic mass is 10.1. The first-order chi connectivity index (χ1) is 11.6. The molecule has 24 heavy (non-hydrogen) atoms. The van der Waals surface area contributed by atoms with Gasteiger partial charge in [0.05, 0.1) is 10.0 Å². The van der Waals surface area contributed by atoms with Crippen LogP contribution in [-0.4, -0.2) is 37.0 Å². The number of halogens is 2. The molecule has 0 unspecified atom stereocenters. The highest BCUT2D eigenvalue weighted by Gasteiger charge is 2.22. The number of piperazine rings is 1. The molecule has 0 atom stereocenters. The Hall–Kier alpha value is -1.75. The first-order valence-corrected chi connectivity index (χ1v) is 8.62. The zero-order chi connectivity index (χ0) is 17.1. The molecule has 0 bridgehead atoms. The first-order valence-electron chi connectivity index (χ1n) is 7.87. The summed E-state index contributed by atoms with van der Waals surface area (Å²) in [6, 6.07) is 13.1. The van der Waals surface area contributed by atoms with E-state index in [0.717, 1.165) is 24.3 Å². The van der Waals surface area contributed by atoms with Crippen molar-refractivity contribution in [1.29, 1.82) is 0 Å². The fourth-order valence-electron chi connectivity index (χ4n) is 2.82. The summed E-state index contributed by atoms with van der Waals surface area (Å²) in [5, 5.41) is 1.10. The SMILES string of the molecule is NCc1ccc(C(=O)N2CCN(c3ccc(Cl)c(Cl)c3)CC2)cc1. The molecule has 4 nitrogen and oxygen atoms in total. The van der Waals surface area contributed by atoms with Gasteiger partial charge in [-0.05, 0) is 35.9 Å². The lowest BCUT2D eigenvalue weighted by Gasteiger charge is -2.36. The summed E-state index contributed by atoms with van der Waals surface area (Å²) in [5.41, 5.74) is 8.35. The lowest BCUT2D eigenvalue weighted by molar-refractivity contribution is 0.0747. The Morgan fingerprint density at radius 2 is 1.62 bits per heavy atom. The minimum absolute atomic E-state index is 0.0624. The Balaban J connectivity index is 1.63. The standard InChI is InChI=1S/C18H19Cl2N3O/c19-16-6-5-15(11-17(16)20)22-7-9-23(10-8-22)18(24)14-3-1-13(12-21)2-4-14/h1-6,11H,7-10,12,21H2. The fourth-order valence-corrected chi connectivity index (χ4v) is 3.11. The van der Waals surface area contributed by atoms with E-state index in [0.29, 0.717) is 35.2 Å². The molecule has 2 aromatic carbocycles. The van der Waals surface area contributed by atoms with Crippen LogP contribution in [0, 0.1) is 0 Å². The van der Waals surface area contributed by atoms with Crippen molar-refractivity contribution in [3.8, 4) is 0 Å². The van der Waals surface area contributed by atoms with Crippen LogP contribution in [0.5, 0.6) is 0 Å². The summed E-state index contributed by atoms with van der Waals surface area (Å²) in [5.74, 6) is 0.0624. The third kappa shape index (κ3) is 3.66. The van der Waals surface area contributed by atoms with Crippen LogP contribution in [0.3, 0.4) is 0 Å². The van der Waals surface area contributed by atoms with Gasteiger partial charge in [0.2, 0.25) is 0 Å². The average molecular weight is 364 g/mol. The van der Waals surface area contributed by atoms with E-state index < -0.39 is 0 Å². The Bertz CT molecular complexity index is 726. The van der Waals surface area contributed by atoms with Crippen molar-refractivity contribution >= 4 is 34.8 Å². The van der Waals surface area contributed by atoms with Crippen molar-refractivity contribution in [2.24, 2.45) is 5.73 Å². The average Bonchev–Trinajstić information content (AvgIpc) is 2.63. The summed E-state index contributed by atoms with van der Waals surface area (Å²) >= 11 is 12.0. The number of hydrogen-bond acceptors (Lipinski definition) is 3. The molecule has 0 saturated carbocycles. The number of nitrogens with two attached hydrogens (primary N) is 1. The summed E-state index contributed by atoms with van der Waals surface area (Å²) in [4.78, 5) is 16.7. The number of anilines is 1. The van der Waals surface area contributed by atoms with E-state index in [2.05, 4.69) is 4.90 Å². The van der Waals surface area contributed by atoms with Gasteiger partial charge in [0.15, 0.2) is 0 Å². The molecular weight excluding hydrogens is 345 g/mol. The molecule has 0 aliphatic carbocycles. The summed E-state index contributed by atoms with van der Waals surface area (Å²) in [7, 11) is 0. The van der Waals surface area contributed by atoms with Crippen molar-refractivity contribution in [3.05, 3.63) is 63.6 Å². The van der Waals surface area contributed by atoms with Crippen LogP contribution in [0.1, 0.15) is 15.9 Å². The minimum Gasteiger partial charge on any atom is -0.368 e.